The Labute approximate surface area is 103 Å². The Balaban J connectivity index is 2.07. The number of methoxy groups -OCH3 is 1. The molecule has 0 aromatic heterocycles. The minimum Gasteiger partial charge on any atom is -0.463 e. The van der Waals surface area contributed by atoms with E-state index < -0.39 is 0 Å². The fourth-order valence-electron chi connectivity index (χ4n) is 2.00. The predicted octanol–water partition coefficient (Wildman–Crippen LogP) is 0.710. The van der Waals surface area contributed by atoms with Gasteiger partial charge in [0.1, 0.15) is 6.61 Å². The van der Waals surface area contributed by atoms with Crippen LogP contribution in [0, 0.1) is 5.92 Å². The molecule has 0 aromatic rings. The van der Waals surface area contributed by atoms with Crippen molar-refractivity contribution in [2.45, 2.75) is 31.7 Å². The number of nitrogens with two attached hydrogens (primary N) is 1. The topological polar surface area (TPSA) is 70.8 Å². The Hall–Kier alpha value is -0.650. The normalized spacial score (nSPS) is 24.6. The van der Waals surface area contributed by atoms with Crippen LogP contribution < -0.4 is 5.73 Å². The van der Waals surface area contributed by atoms with Crippen LogP contribution in [0.2, 0.25) is 0 Å². The molecular weight excluding hydrogens is 222 g/mol. The molecule has 0 spiro atoms. The van der Waals surface area contributed by atoms with Crippen LogP contribution in [-0.2, 0) is 19.0 Å². The van der Waals surface area contributed by atoms with E-state index in [1.165, 1.54) is 0 Å². The average Bonchev–Trinajstić information content (AvgIpc) is 2.34. The summed E-state index contributed by atoms with van der Waals surface area (Å²) in [5, 5.41) is 0. The number of esters is 1. The molecular formula is C12H23NO4. The van der Waals surface area contributed by atoms with Gasteiger partial charge in [-0.2, -0.15) is 0 Å². The van der Waals surface area contributed by atoms with Gasteiger partial charge in [0.2, 0.25) is 0 Å². The van der Waals surface area contributed by atoms with Crippen molar-refractivity contribution >= 4 is 5.97 Å². The van der Waals surface area contributed by atoms with E-state index in [9.17, 15) is 4.79 Å². The number of carbonyl (C=O) groups excluding carboxylic acids is 1. The number of hydrogen-bond acceptors (Lipinski definition) is 5. The molecule has 1 fully saturated rings. The Morgan fingerprint density at radius 2 is 1.88 bits per heavy atom. The van der Waals surface area contributed by atoms with Gasteiger partial charge in [0.15, 0.2) is 0 Å². The highest BCUT2D eigenvalue weighted by Gasteiger charge is 2.29. The smallest absolute Gasteiger partial charge is 0.310 e. The first-order valence-electron chi connectivity index (χ1n) is 6.24. The standard InChI is InChI=1S/C12H23NO4/c1-15-6-7-16-8-9-17-12(14)10-4-2-3-5-11(10)13/h10-11H,2-9,13H2,1H3. The Kier molecular flexibility index (Phi) is 7.16. The molecule has 1 rings (SSSR count). The third kappa shape index (κ3) is 5.48. The largest absolute Gasteiger partial charge is 0.463 e. The number of rotatable bonds is 7. The third-order valence-corrected chi connectivity index (χ3v) is 3.03. The first-order chi connectivity index (χ1) is 8.25. The SMILES string of the molecule is COCCOCCOC(=O)C1CCCCC1N. The summed E-state index contributed by atoms with van der Waals surface area (Å²) < 4.78 is 15.2. The molecule has 0 radical (unpaired) electrons. The summed E-state index contributed by atoms with van der Waals surface area (Å²) in [5.41, 5.74) is 5.90. The van der Waals surface area contributed by atoms with E-state index in [0.717, 1.165) is 25.7 Å². The molecule has 2 atom stereocenters. The second-order valence-corrected chi connectivity index (χ2v) is 4.33. The second kappa shape index (κ2) is 8.44. The fourth-order valence-corrected chi connectivity index (χ4v) is 2.00. The van der Waals surface area contributed by atoms with Crippen molar-refractivity contribution in [2.24, 2.45) is 11.7 Å². The molecule has 0 amide bonds. The predicted molar refractivity (Wildman–Crippen MR) is 63.6 cm³/mol. The molecule has 0 heterocycles. The van der Waals surface area contributed by atoms with E-state index in [0.29, 0.717) is 26.4 Å². The highest BCUT2D eigenvalue weighted by Crippen LogP contribution is 2.23. The van der Waals surface area contributed by atoms with Crippen LogP contribution in [-0.4, -0.2) is 45.5 Å². The van der Waals surface area contributed by atoms with Gasteiger partial charge in [-0.3, -0.25) is 4.79 Å². The van der Waals surface area contributed by atoms with Crippen molar-refractivity contribution in [1.82, 2.24) is 0 Å². The van der Waals surface area contributed by atoms with Gasteiger partial charge in [-0.15, -0.1) is 0 Å². The monoisotopic (exact) mass is 245 g/mol. The molecule has 0 aliphatic heterocycles. The van der Waals surface area contributed by atoms with E-state index in [4.69, 9.17) is 19.9 Å². The molecule has 100 valence electrons. The molecule has 5 nitrogen and oxygen atoms in total. The Morgan fingerprint density at radius 1 is 1.18 bits per heavy atom. The summed E-state index contributed by atoms with van der Waals surface area (Å²) in [7, 11) is 1.62. The van der Waals surface area contributed by atoms with Crippen molar-refractivity contribution in [2.75, 3.05) is 33.5 Å². The number of hydrogen-bond donors (Lipinski definition) is 1. The van der Waals surface area contributed by atoms with Crippen molar-refractivity contribution in [1.29, 1.82) is 0 Å². The molecule has 1 aliphatic carbocycles. The molecule has 1 saturated carbocycles. The van der Waals surface area contributed by atoms with Gasteiger partial charge in [-0.1, -0.05) is 12.8 Å². The van der Waals surface area contributed by atoms with Gasteiger partial charge in [0.25, 0.3) is 0 Å². The van der Waals surface area contributed by atoms with Gasteiger partial charge in [0.05, 0.1) is 25.7 Å². The Bertz CT molecular complexity index is 223. The van der Waals surface area contributed by atoms with E-state index in [1.54, 1.807) is 7.11 Å². The summed E-state index contributed by atoms with van der Waals surface area (Å²) in [6.45, 7) is 1.79. The van der Waals surface area contributed by atoms with E-state index in [1.807, 2.05) is 0 Å². The first-order valence-corrected chi connectivity index (χ1v) is 6.24. The van der Waals surface area contributed by atoms with Crippen LogP contribution in [0.25, 0.3) is 0 Å². The second-order valence-electron chi connectivity index (χ2n) is 4.33. The number of carbonyl (C=O) groups is 1. The lowest BCUT2D eigenvalue weighted by atomic mass is 9.85. The van der Waals surface area contributed by atoms with Crippen LogP contribution in [0.1, 0.15) is 25.7 Å². The zero-order valence-electron chi connectivity index (χ0n) is 10.5. The molecule has 17 heavy (non-hydrogen) atoms. The lowest BCUT2D eigenvalue weighted by Gasteiger charge is -2.26. The van der Waals surface area contributed by atoms with Gasteiger partial charge in [0, 0.05) is 13.2 Å². The minimum absolute atomic E-state index is 0.0364. The fraction of sp³-hybridized carbons (Fsp3) is 0.917. The van der Waals surface area contributed by atoms with Crippen LogP contribution in [0.15, 0.2) is 0 Å². The van der Waals surface area contributed by atoms with Crippen LogP contribution >= 0.6 is 0 Å². The van der Waals surface area contributed by atoms with Crippen molar-refractivity contribution in [3.8, 4) is 0 Å². The Morgan fingerprint density at radius 3 is 2.59 bits per heavy atom. The summed E-state index contributed by atoms with van der Waals surface area (Å²) in [6.07, 6.45) is 3.96. The van der Waals surface area contributed by atoms with E-state index in [2.05, 4.69) is 0 Å². The molecule has 0 bridgehead atoms. The maximum absolute atomic E-state index is 11.7. The van der Waals surface area contributed by atoms with Gasteiger partial charge in [-0.05, 0) is 12.8 Å². The van der Waals surface area contributed by atoms with Gasteiger partial charge in [-0.25, -0.2) is 0 Å². The van der Waals surface area contributed by atoms with Gasteiger partial charge >= 0.3 is 5.97 Å². The zero-order chi connectivity index (χ0) is 12.5. The molecule has 2 N–H and O–H groups in total. The van der Waals surface area contributed by atoms with Crippen LogP contribution in [0.4, 0.5) is 0 Å². The average molecular weight is 245 g/mol. The van der Waals surface area contributed by atoms with E-state index >= 15 is 0 Å². The van der Waals surface area contributed by atoms with Crippen molar-refractivity contribution < 1.29 is 19.0 Å². The highest BCUT2D eigenvalue weighted by atomic mass is 16.6. The molecule has 2 unspecified atom stereocenters. The highest BCUT2D eigenvalue weighted by molar-refractivity contribution is 5.73. The third-order valence-electron chi connectivity index (χ3n) is 3.03. The van der Waals surface area contributed by atoms with Crippen LogP contribution in [0.5, 0.6) is 0 Å². The molecule has 0 saturated heterocycles. The summed E-state index contributed by atoms with van der Waals surface area (Å²) in [6, 6.07) is -0.0364. The lowest BCUT2D eigenvalue weighted by Crippen LogP contribution is -2.39. The van der Waals surface area contributed by atoms with Crippen LogP contribution in [0.3, 0.4) is 0 Å². The maximum atomic E-state index is 11.7. The maximum Gasteiger partial charge on any atom is 0.310 e. The van der Waals surface area contributed by atoms with Gasteiger partial charge < -0.3 is 19.9 Å². The number of ether oxygens (including phenoxy) is 3. The van der Waals surface area contributed by atoms with Crippen molar-refractivity contribution in [3.05, 3.63) is 0 Å². The summed E-state index contributed by atoms with van der Waals surface area (Å²) in [5.74, 6) is -0.296. The lowest BCUT2D eigenvalue weighted by molar-refractivity contribution is -0.151. The van der Waals surface area contributed by atoms with E-state index in [-0.39, 0.29) is 17.9 Å². The molecule has 0 aromatic carbocycles. The molecule has 5 heteroatoms. The summed E-state index contributed by atoms with van der Waals surface area (Å²) >= 11 is 0. The van der Waals surface area contributed by atoms with Crippen molar-refractivity contribution in [3.63, 3.8) is 0 Å². The summed E-state index contributed by atoms with van der Waals surface area (Å²) in [4.78, 5) is 11.7. The molecule has 1 aliphatic rings. The minimum atomic E-state index is -0.174. The quantitative estimate of drug-likeness (QED) is 0.528. The first kappa shape index (κ1) is 14.4. The zero-order valence-corrected chi connectivity index (χ0v) is 10.5.